The second-order valence-electron chi connectivity index (χ2n) is 16.7. The van der Waals surface area contributed by atoms with Crippen molar-refractivity contribution in [2.75, 3.05) is 0 Å². The minimum Gasteiger partial charge on any atom is -0.309 e. The van der Waals surface area contributed by atoms with E-state index in [2.05, 4.69) is 240 Å². The molecule has 0 bridgehead atoms. The maximum absolute atomic E-state index is 5.29. The van der Waals surface area contributed by atoms with Gasteiger partial charge >= 0.3 is 0 Å². The first kappa shape index (κ1) is 36.8. The second kappa shape index (κ2) is 14.6. The van der Waals surface area contributed by atoms with E-state index in [0.29, 0.717) is 0 Å². The summed E-state index contributed by atoms with van der Waals surface area (Å²) in [6, 6.07) is 85.2. The monoisotopic (exact) mass is 849 g/mol. The SMILES string of the molecule is c1ccc(-c2cccc(-n3c4ccccc4c4cc5c(cc43)c3ccccc3n5-c3cc([Si](c4ccccc4)(c4ccccc4)c4cccc5c4sc4ccccc45)ccn3)c2)cc1. The summed E-state index contributed by atoms with van der Waals surface area (Å²) in [6.07, 6.45) is 2.05. The first-order valence-electron chi connectivity index (χ1n) is 21.9. The van der Waals surface area contributed by atoms with Crippen LogP contribution in [-0.4, -0.2) is 22.2 Å². The summed E-state index contributed by atoms with van der Waals surface area (Å²) >= 11 is 1.92. The van der Waals surface area contributed by atoms with Crippen molar-refractivity contribution in [2.45, 2.75) is 0 Å². The Labute approximate surface area is 375 Å². The van der Waals surface area contributed by atoms with Crippen LogP contribution in [0.5, 0.6) is 0 Å². The van der Waals surface area contributed by atoms with Crippen LogP contribution >= 0.6 is 11.3 Å². The predicted molar refractivity (Wildman–Crippen MR) is 275 cm³/mol. The fourth-order valence-electron chi connectivity index (χ4n) is 10.6. The molecule has 0 aliphatic rings. The quantitative estimate of drug-likeness (QED) is 0.116. The molecule has 4 heterocycles. The van der Waals surface area contributed by atoms with Crippen LogP contribution in [0.4, 0.5) is 0 Å². The van der Waals surface area contributed by atoms with Gasteiger partial charge in [0.25, 0.3) is 0 Å². The molecule has 64 heavy (non-hydrogen) atoms. The van der Waals surface area contributed by atoms with E-state index in [0.717, 1.165) is 22.5 Å². The lowest BCUT2D eigenvalue weighted by Gasteiger charge is -2.35. The van der Waals surface area contributed by atoms with Crippen molar-refractivity contribution in [3.05, 3.63) is 237 Å². The lowest BCUT2D eigenvalue weighted by molar-refractivity contribution is 1.08. The molecule has 3 nitrogen and oxygen atoms in total. The molecule has 5 heteroatoms. The number of nitrogens with zero attached hydrogens (tertiary/aromatic N) is 3. The zero-order valence-electron chi connectivity index (χ0n) is 34.8. The van der Waals surface area contributed by atoms with Gasteiger partial charge in [-0.1, -0.05) is 176 Å². The van der Waals surface area contributed by atoms with E-state index in [1.165, 1.54) is 84.6 Å². The Hall–Kier alpha value is -7.83. The van der Waals surface area contributed by atoms with E-state index in [9.17, 15) is 0 Å². The molecule has 0 aliphatic carbocycles. The van der Waals surface area contributed by atoms with E-state index < -0.39 is 8.07 Å². The number of thiophene rings is 1. The molecule has 0 radical (unpaired) electrons. The molecule has 0 saturated heterocycles. The average Bonchev–Trinajstić information content (AvgIpc) is 4.02. The number of hydrogen-bond acceptors (Lipinski definition) is 2. The van der Waals surface area contributed by atoms with Crippen LogP contribution in [0.25, 0.3) is 86.4 Å². The van der Waals surface area contributed by atoms with Crippen LogP contribution in [0, 0.1) is 0 Å². The minimum atomic E-state index is -3.00. The van der Waals surface area contributed by atoms with Gasteiger partial charge < -0.3 is 4.57 Å². The number of benzene rings is 9. The molecule has 300 valence electrons. The van der Waals surface area contributed by atoms with Crippen LogP contribution in [0.15, 0.2) is 237 Å². The molecule has 0 N–H and O–H groups in total. The molecule has 0 amide bonds. The Morgan fingerprint density at radius 1 is 0.359 bits per heavy atom. The largest absolute Gasteiger partial charge is 0.309 e. The third kappa shape index (κ3) is 5.48. The lowest BCUT2D eigenvalue weighted by Crippen LogP contribution is -2.74. The van der Waals surface area contributed by atoms with Gasteiger partial charge in [0.15, 0.2) is 8.07 Å². The third-order valence-corrected chi connectivity index (χ3v) is 19.5. The van der Waals surface area contributed by atoms with Crippen molar-refractivity contribution in [3.8, 4) is 22.6 Å². The third-order valence-electron chi connectivity index (χ3n) is 13.3. The van der Waals surface area contributed by atoms with Crippen LogP contribution in [-0.2, 0) is 0 Å². The molecule has 0 atom stereocenters. The van der Waals surface area contributed by atoms with E-state index in [4.69, 9.17) is 4.98 Å². The molecule has 0 spiro atoms. The lowest BCUT2D eigenvalue weighted by atomic mass is 10.1. The fraction of sp³-hybridized carbons (Fsp3) is 0. The molecule has 9 aromatic carbocycles. The Balaban J connectivity index is 1.09. The number of hydrogen-bond donors (Lipinski definition) is 0. The Morgan fingerprint density at radius 2 is 0.906 bits per heavy atom. The second-order valence-corrected chi connectivity index (χ2v) is 21.5. The summed E-state index contributed by atoms with van der Waals surface area (Å²) in [6.45, 7) is 0. The van der Waals surface area contributed by atoms with E-state index >= 15 is 0 Å². The van der Waals surface area contributed by atoms with Crippen LogP contribution in [0.1, 0.15) is 0 Å². The number of para-hydroxylation sites is 2. The molecule has 0 saturated carbocycles. The van der Waals surface area contributed by atoms with Gasteiger partial charge in [-0.2, -0.15) is 0 Å². The van der Waals surface area contributed by atoms with Gasteiger partial charge in [0.1, 0.15) is 5.82 Å². The van der Waals surface area contributed by atoms with Gasteiger partial charge in [0.2, 0.25) is 0 Å². The summed E-state index contributed by atoms with van der Waals surface area (Å²) in [7, 11) is -3.00. The maximum Gasteiger partial charge on any atom is 0.181 e. The normalized spacial score (nSPS) is 12.1. The predicted octanol–water partition coefficient (Wildman–Crippen LogP) is 12.7. The van der Waals surface area contributed by atoms with E-state index in [1.54, 1.807) is 0 Å². The smallest absolute Gasteiger partial charge is 0.181 e. The van der Waals surface area contributed by atoms with E-state index in [1.807, 2.05) is 17.5 Å². The zero-order valence-corrected chi connectivity index (χ0v) is 36.6. The maximum atomic E-state index is 5.29. The average molecular weight is 850 g/mol. The van der Waals surface area contributed by atoms with Crippen LogP contribution in [0.3, 0.4) is 0 Å². The Bertz CT molecular complexity index is 3860. The van der Waals surface area contributed by atoms with Gasteiger partial charge in [-0.05, 0) is 86.5 Å². The molecule has 4 aromatic heterocycles. The van der Waals surface area contributed by atoms with Crippen molar-refractivity contribution >= 4 is 104 Å². The molecule has 13 rings (SSSR count). The molecular weight excluding hydrogens is 811 g/mol. The zero-order chi connectivity index (χ0) is 42.2. The van der Waals surface area contributed by atoms with Gasteiger partial charge in [-0.25, -0.2) is 4.98 Å². The number of rotatable bonds is 7. The van der Waals surface area contributed by atoms with Crippen molar-refractivity contribution in [2.24, 2.45) is 0 Å². The summed E-state index contributed by atoms with van der Waals surface area (Å²) in [5.41, 5.74) is 8.18. The summed E-state index contributed by atoms with van der Waals surface area (Å²) in [5.74, 6) is 0.912. The molecular formula is C59H39N3SSi. The highest BCUT2D eigenvalue weighted by Crippen LogP contribution is 2.40. The van der Waals surface area contributed by atoms with E-state index in [-0.39, 0.29) is 0 Å². The summed E-state index contributed by atoms with van der Waals surface area (Å²) in [4.78, 5) is 5.29. The van der Waals surface area contributed by atoms with Gasteiger partial charge in [0, 0.05) is 53.6 Å². The number of fused-ring (bicyclic) bond motifs is 9. The summed E-state index contributed by atoms with van der Waals surface area (Å²) < 4.78 is 7.51. The highest BCUT2D eigenvalue weighted by molar-refractivity contribution is 7.30. The molecule has 0 aliphatic heterocycles. The topological polar surface area (TPSA) is 22.8 Å². The first-order chi connectivity index (χ1) is 31.8. The summed E-state index contributed by atoms with van der Waals surface area (Å²) in [5, 5.41) is 12.8. The van der Waals surface area contributed by atoms with Crippen molar-refractivity contribution in [3.63, 3.8) is 0 Å². The van der Waals surface area contributed by atoms with Crippen molar-refractivity contribution in [1.82, 2.24) is 14.1 Å². The Morgan fingerprint density at radius 3 is 1.61 bits per heavy atom. The number of pyridine rings is 1. The highest BCUT2D eigenvalue weighted by atomic mass is 32.1. The molecule has 0 fully saturated rings. The van der Waals surface area contributed by atoms with Gasteiger partial charge in [-0.15, -0.1) is 11.3 Å². The number of aromatic nitrogens is 3. The minimum absolute atomic E-state index is 0.912. The highest BCUT2D eigenvalue weighted by Gasteiger charge is 2.43. The van der Waals surface area contributed by atoms with Crippen molar-refractivity contribution < 1.29 is 0 Å². The fourth-order valence-corrected chi connectivity index (χ4v) is 17.1. The van der Waals surface area contributed by atoms with Crippen LogP contribution in [0.2, 0.25) is 0 Å². The standard InChI is InChI=1S/C59H39N3SSi/c1-4-18-40(19-5-1)41-20-16-21-42(36-41)61-52-30-13-10-26-46(52)50-39-55-51(38-54(50)61)47-27-11-14-31-53(47)62(55)58-37-45(34-35-60-58)64(43-22-6-2-7-23-43,44-24-8-3-9-25-44)57-33-17-29-49-48-28-12-15-32-56(48)63-59(49)57/h1-39H. The van der Waals surface area contributed by atoms with Crippen LogP contribution < -0.4 is 20.7 Å². The van der Waals surface area contributed by atoms with Gasteiger partial charge in [0.05, 0.1) is 22.1 Å². The van der Waals surface area contributed by atoms with Crippen molar-refractivity contribution in [1.29, 1.82) is 0 Å². The Kier molecular flexibility index (Phi) is 8.41. The molecule has 0 unspecified atom stereocenters. The first-order valence-corrected chi connectivity index (χ1v) is 24.7. The van der Waals surface area contributed by atoms with Gasteiger partial charge in [-0.3, -0.25) is 4.57 Å². The molecule has 13 aromatic rings.